The van der Waals surface area contributed by atoms with Crippen molar-refractivity contribution in [2.45, 2.75) is 48.8 Å². The first-order valence-electron chi connectivity index (χ1n) is 7.03. The molecular formula is C14H17ClF3N3O2S. The van der Waals surface area contributed by atoms with E-state index < -0.39 is 27.3 Å². The number of rotatable bonds is 3. The van der Waals surface area contributed by atoms with Gasteiger partial charge in [-0.15, -0.1) is 12.4 Å². The number of sulfonamides is 1. The van der Waals surface area contributed by atoms with Gasteiger partial charge in [0.1, 0.15) is 0 Å². The van der Waals surface area contributed by atoms with Gasteiger partial charge in [0.25, 0.3) is 0 Å². The van der Waals surface area contributed by atoms with Crippen molar-refractivity contribution < 1.29 is 21.6 Å². The molecule has 0 amide bonds. The molecule has 0 unspecified atom stereocenters. The van der Waals surface area contributed by atoms with Crippen molar-refractivity contribution >= 4 is 22.4 Å². The summed E-state index contributed by atoms with van der Waals surface area (Å²) in [5.41, 5.74) is 3.88. The molecule has 0 heterocycles. The minimum Gasteiger partial charge on any atom is -0.328 e. The van der Waals surface area contributed by atoms with E-state index in [4.69, 9.17) is 11.0 Å². The largest absolute Gasteiger partial charge is 0.417 e. The molecule has 1 aliphatic rings. The topological polar surface area (TPSA) is 96.0 Å². The maximum atomic E-state index is 12.7. The molecule has 1 saturated carbocycles. The molecular weight excluding hydrogens is 367 g/mol. The molecule has 0 aliphatic heterocycles. The molecule has 0 spiro atoms. The van der Waals surface area contributed by atoms with Crippen LogP contribution in [0.1, 0.15) is 36.8 Å². The molecule has 5 nitrogen and oxygen atoms in total. The first kappa shape index (κ1) is 20.7. The van der Waals surface area contributed by atoms with Crippen molar-refractivity contribution in [2.75, 3.05) is 0 Å². The number of hydrogen-bond donors (Lipinski definition) is 2. The van der Waals surface area contributed by atoms with E-state index in [1.807, 2.05) is 0 Å². The highest BCUT2D eigenvalue weighted by Gasteiger charge is 2.34. The lowest BCUT2D eigenvalue weighted by Crippen LogP contribution is -2.40. The van der Waals surface area contributed by atoms with Crippen molar-refractivity contribution in [2.24, 2.45) is 5.73 Å². The molecule has 1 aromatic carbocycles. The van der Waals surface area contributed by atoms with Crippen LogP contribution in [0.15, 0.2) is 23.1 Å². The predicted molar refractivity (Wildman–Crippen MR) is 84.0 cm³/mol. The van der Waals surface area contributed by atoms with Gasteiger partial charge in [0.15, 0.2) is 0 Å². The van der Waals surface area contributed by atoms with Crippen molar-refractivity contribution in [3.63, 3.8) is 0 Å². The summed E-state index contributed by atoms with van der Waals surface area (Å²) >= 11 is 0. The summed E-state index contributed by atoms with van der Waals surface area (Å²) in [4.78, 5) is -0.350. The Kier molecular flexibility index (Phi) is 6.64. The van der Waals surface area contributed by atoms with Crippen molar-refractivity contribution in [3.8, 4) is 6.07 Å². The maximum Gasteiger partial charge on any atom is 0.417 e. The van der Waals surface area contributed by atoms with Crippen LogP contribution < -0.4 is 10.5 Å². The second kappa shape index (κ2) is 7.70. The quantitative estimate of drug-likeness (QED) is 0.838. The van der Waals surface area contributed by atoms with Crippen LogP contribution in [0.3, 0.4) is 0 Å². The van der Waals surface area contributed by atoms with Gasteiger partial charge in [-0.3, -0.25) is 0 Å². The zero-order chi connectivity index (χ0) is 17.3. The third kappa shape index (κ3) is 4.83. The molecule has 1 aliphatic carbocycles. The van der Waals surface area contributed by atoms with Crippen LogP contribution in [0.4, 0.5) is 13.2 Å². The normalized spacial score (nSPS) is 21.6. The minimum atomic E-state index is -4.71. The number of alkyl halides is 3. The van der Waals surface area contributed by atoms with Crippen molar-refractivity contribution in [1.29, 1.82) is 5.26 Å². The van der Waals surface area contributed by atoms with E-state index in [2.05, 4.69) is 4.72 Å². The number of nitrogens with one attached hydrogen (secondary N) is 1. The number of halogens is 4. The van der Waals surface area contributed by atoms with Gasteiger partial charge in [-0.1, -0.05) is 0 Å². The van der Waals surface area contributed by atoms with E-state index in [9.17, 15) is 21.6 Å². The van der Waals surface area contributed by atoms with Crippen LogP contribution in [0.25, 0.3) is 0 Å². The van der Waals surface area contributed by atoms with Gasteiger partial charge in [0.05, 0.1) is 22.1 Å². The van der Waals surface area contributed by atoms with Gasteiger partial charge >= 0.3 is 6.18 Å². The van der Waals surface area contributed by atoms with E-state index in [0.29, 0.717) is 31.7 Å². The number of benzene rings is 1. The van der Waals surface area contributed by atoms with E-state index in [0.717, 1.165) is 12.1 Å². The Bertz CT molecular complexity index is 724. The minimum absolute atomic E-state index is 0. The first-order chi connectivity index (χ1) is 10.6. The van der Waals surface area contributed by atoms with E-state index in [1.54, 1.807) is 0 Å². The highest BCUT2D eigenvalue weighted by molar-refractivity contribution is 7.89. The molecule has 0 aromatic heterocycles. The van der Waals surface area contributed by atoms with Gasteiger partial charge in [0.2, 0.25) is 10.0 Å². The molecule has 0 atom stereocenters. The van der Waals surface area contributed by atoms with Crippen LogP contribution in [0.5, 0.6) is 0 Å². The van der Waals surface area contributed by atoms with Gasteiger partial charge in [-0.2, -0.15) is 18.4 Å². The summed E-state index contributed by atoms with van der Waals surface area (Å²) in [6.07, 6.45) is -2.19. The molecule has 0 saturated heterocycles. The average molecular weight is 384 g/mol. The summed E-state index contributed by atoms with van der Waals surface area (Å²) in [7, 11) is -3.98. The van der Waals surface area contributed by atoms with Gasteiger partial charge in [-0.25, -0.2) is 13.1 Å². The summed E-state index contributed by atoms with van der Waals surface area (Å²) in [6.45, 7) is 0. The molecule has 134 valence electrons. The monoisotopic (exact) mass is 383 g/mol. The number of nitriles is 1. The van der Waals surface area contributed by atoms with Crippen molar-refractivity contribution in [3.05, 3.63) is 29.3 Å². The molecule has 1 fully saturated rings. The SMILES string of the molecule is Cl.N#Cc1cc(S(=O)(=O)NC2CCC(N)CC2)ccc1C(F)(F)F. The van der Waals surface area contributed by atoms with Crippen molar-refractivity contribution in [1.82, 2.24) is 4.72 Å². The lowest BCUT2D eigenvalue weighted by molar-refractivity contribution is -0.137. The van der Waals surface area contributed by atoms with Crippen LogP contribution in [-0.2, 0) is 16.2 Å². The maximum absolute atomic E-state index is 12.7. The number of hydrogen-bond acceptors (Lipinski definition) is 4. The summed E-state index contributed by atoms with van der Waals surface area (Å²) in [6, 6.07) is 3.37. The van der Waals surface area contributed by atoms with Crippen LogP contribution >= 0.6 is 12.4 Å². The van der Waals surface area contributed by atoms with Gasteiger partial charge in [0, 0.05) is 12.1 Å². The smallest absolute Gasteiger partial charge is 0.328 e. The highest BCUT2D eigenvalue weighted by Crippen LogP contribution is 2.33. The Labute approximate surface area is 144 Å². The summed E-state index contributed by atoms with van der Waals surface area (Å²) < 4.78 is 65.3. The molecule has 0 bridgehead atoms. The van der Waals surface area contributed by atoms with Crippen LogP contribution in [0.2, 0.25) is 0 Å². The Morgan fingerprint density at radius 2 is 1.79 bits per heavy atom. The fraction of sp³-hybridized carbons (Fsp3) is 0.500. The first-order valence-corrected chi connectivity index (χ1v) is 8.51. The van der Waals surface area contributed by atoms with E-state index >= 15 is 0 Å². The third-order valence-corrected chi connectivity index (χ3v) is 5.34. The lowest BCUT2D eigenvalue weighted by atomic mass is 9.93. The molecule has 0 radical (unpaired) electrons. The number of nitrogens with zero attached hydrogens (tertiary/aromatic N) is 1. The summed E-state index contributed by atoms with van der Waals surface area (Å²) in [5.74, 6) is 0. The fourth-order valence-electron chi connectivity index (χ4n) is 2.55. The average Bonchev–Trinajstić information content (AvgIpc) is 2.48. The lowest BCUT2D eigenvalue weighted by Gasteiger charge is -2.26. The Morgan fingerprint density at radius 3 is 2.29 bits per heavy atom. The zero-order valence-electron chi connectivity index (χ0n) is 12.5. The Morgan fingerprint density at radius 1 is 1.21 bits per heavy atom. The van der Waals surface area contributed by atoms with E-state index in [-0.39, 0.29) is 29.4 Å². The molecule has 3 N–H and O–H groups in total. The Hall–Kier alpha value is -1.34. The zero-order valence-corrected chi connectivity index (χ0v) is 14.1. The van der Waals surface area contributed by atoms with Crippen LogP contribution in [-0.4, -0.2) is 20.5 Å². The molecule has 1 aromatic rings. The second-order valence-electron chi connectivity index (χ2n) is 5.55. The summed E-state index contributed by atoms with van der Waals surface area (Å²) in [5, 5.41) is 8.84. The van der Waals surface area contributed by atoms with Crippen LogP contribution in [0, 0.1) is 11.3 Å². The Balaban J connectivity index is 0.00000288. The number of nitrogens with two attached hydrogens (primary N) is 1. The molecule has 24 heavy (non-hydrogen) atoms. The standard InChI is InChI=1S/C14H16F3N3O2S.ClH/c15-14(16,17)13-6-5-12(7-9(13)8-18)23(21,22)20-11-3-1-10(19)2-4-11;/h5-7,10-11,20H,1-4,19H2;1H. The third-order valence-electron chi connectivity index (χ3n) is 3.82. The highest BCUT2D eigenvalue weighted by atomic mass is 35.5. The second-order valence-corrected chi connectivity index (χ2v) is 7.26. The fourth-order valence-corrected chi connectivity index (χ4v) is 3.89. The van der Waals surface area contributed by atoms with Gasteiger partial charge in [-0.05, 0) is 43.9 Å². The van der Waals surface area contributed by atoms with Gasteiger partial charge < -0.3 is 5.73 Å². The predicted octanol–water partition coefficient (Wildman–Crippen LogP) is 2.55. The molecule has 2 rings (SSSR count). The van der Waals surface area contributed by atoms with E-state index in [1.165, 1.54) is 6.07 Å². The molecule has 10 heteroatoms.